The Morgan fingerprint density at radius 1 is 1.24 bits per heavy atom. The largest absolute Gasteiger partial charge is 0.495 e. The fraction of sp³-hybridized carbons (Fsp3) is 0.611. The van der Waals surface area contributed by atoms with Gasteiger partial charge in [-0.3, -0.25) is 4.79 Å². The Morgan fingerprint density at radius 3 is 2.44 bits per heavy atom. The molecule has 0 bridgehead atoms. The molecule has 2 rings (SSSR count). The van der Waals surface area contributed by atoms with Crippen molar-refractivity contribution in [3.05, 3.63) is 23.8 Å². The fourth-order valence-electron chi connectivity index (χ4n) is 3.23. The monoisotopic (exact) mass is 368 g/mol. The average Bonchev–Trinajstić information content (AvgIpc) is 2.59. The Bertz CT molecular complexity index is 710. The third kappa shape index (κ3) is 4.73. The summed E-state index contributed by atoms with van der Waals surface area (Å²) in [6, 6.07) is 4.54. The molecule has 1 amide bonds. The molecule has 1 aromatic carbocycles. The highest BCUT2D eigenvalue weighted by molar-refractivity contribution is 7.89. The minimum absolute atomic E-state index is 0.00778. The molecule has 1 N–H and O–H groups in total. The molecular weight excluding hydrogens is 340 g/mol. The molecule has 140 valence electrons. The van der Waals surface area contributed by atoms with Gasteiger partial charge >= 0.3 is 0 Å². The van der Waals surface area contributed by atoms with Gasteiger partial charge in [-0.15, -0.1) is 0 Å². The van der Waals surface area contributed by atoms with E-state index < -0.39 is 10.0 Å². The lowest BCUT2D eigenvalue weighted by Gasteiger charge is -2.31. The van der Waals surface area contributed by atoms with Crippen molar-refractivity contribution in [1.29, 1.82) is 0 Å². The SMILES string of the molecule is COc1ccc(C(=O)N(C)C2CCCCC2)cc1S(=O)(=O)NC(C)C. The zero-order valence-electron chi connectivity index (χ0n) is 15.4. The van der Waals surface area contributed by atoms with Gasteiger partial charge in [0, 0.05) is 24.7 Å². The second-order valence-corrected chi connectivity index (χ2v) is 8.53. The van der Waals surface area contributed by atoms with E-state index in [0.29, 0.717) is 5.56 Å². The normalized spacial score (nSPS) is 16.0. The van der Waals surface area contributed by atoms with Crippen molar-refractivity contribution in [3.63, 3.8) is 0 Å². The van der Waals surface area contributed by atoms with Crippen LogP contribution in [0.15, 0.2) is 23.1 Å². The predicted octanol–water partition coefficient (Wildman–Crippen LogP) is 2.79. The first-order valence-corrected chi connectivity index (χ1v) is 10.2. The standard InChI is InChI=1S/C18H28N2O4S/c1-13(2)19-25(22,23)17-12-14(10-11-16(17)24-4)18(21)20(3)15-8-6-5-7-9-15/h10-13,15,19H,5-9H2,1-4H3. The van der Waals surface area contributed by atoms with Crippen LogP contribution in [0.1, 0.15) is 56.3 Å². The number of carbonyl (C=O) groups is 1. The molecule has 7 heteroatoms. The van der Waals surface area contributed by atoms with Crippen LogP contribution >= 0.6 is 0 Å². The van der Waals surface area contributed by atoms with E-state index >= 15 is 0 Å². The van der Waals surface area contributed by atoms with Gasteiger partial charge in [0.15, 0.2) is 0 Å². The molecule has 0 saturated heterocycles. The zero-order valence-corrected chi connectivity index (χ0v) is 16.2. The van der Waals surface area contributed by atoms with Gasteiger partial charge in [0.05, 0.1) is 7.11 Å². The van der Waals surface area contributed by atoms with Gasteiger partial charge in [-0.05, 0) is 44.9 Å². The Kier molecular flexibility index (Phi) is 6.46. The molecule has 0 spiro atoms. The van der Waals surface area contributed by atoms with Crippen molar-refractivity contribution >= 4 is 15.9 Å². The van der Waals surface area contributed by atoms with E-state index in [1.807, 2.05) is 0 Å². The number of rotatable bonds is 6. The first-order chi connectivity index (χ1) is 11.8. The van der Waals surface area contributed by atoms with E-state index in [2.05, 4.69) is 4.72 Å². The quantitative estimate of drug-likeness (QED) is 0.838. The molecule has 0 aliphatic heterocycles. The molecule has 6 nitrogen and oxygen atoms in total. The second kappa shape index (κ2) is 8.19. The maximum absolute atomic E-state index is 12.8. The molecule has 0 aromatic heterocycles. The number of hydrogen-bond donors (Lipinski definition) is 1. The molecule has 0 atom stereocenters. The maximum Gasteiger partial charge on any atom is 0.253 e. The summed E-state index contributed by atoms with van der Waals surface area (Å²) < 4.78 is 32.8. The van der Waals surface area contributed by atoms with Crippen LogP contribution in [0.4, 0.5) is 0 Å². The maximum atomic E-state index is 12.8. The van der Waals surface area contributed by atoms with E-state index in [9.17, 15) is 13.2 Å². The number of methoxy groups -OCH3 is 1. The van der Waals surface area contributed by atoms with Crippen LogP contribution in [0.25, 0.3) is 0 Å². The smallest absolute Gasteiger partial charge is 0.253 e. The summed E-state index contributed by atoms with van der Waals surface area (Å²) >= 11 is 0. The second-order valence-electron chi connectivity index (χ2n) is 6.85. The first kappa shape index (κ1) is 19.7. The van der Waals surface area contributed by atoms with Gasteiger partial charge in [-0.25, -0.2) is 13.1 Å². The highest BCUT2D eigenvalue weighted by Crippen LogP contribution is 2.27. The van der Waals surface area contributed by atoms with Crippen LogP contribution in [0.2, 0.25) is 0 Å². The van der Waals surface area contributed by atoms with Gasteiger partial charge in [0.1, 0.15) is 10.6 Å². The Hall–Kier alpha value is -1.60. The molecule has 0 heterocycles. The number of ether oxygens (including phenoxy) is 1. The van der Waals surface area contributed by atoms with Gasteiger partial charge in [-0.2, -0.15) is 0 Å². The number of nitrogens with zero attached hydrogens (tertiary/aromatic N) is 1. The minimum atomic E-state index is -3.75. The molecule has 0 radical (unpaired) electrons. The van der Waals surface area contributed by atoms with Crippen LogP contribution in [-0.4, -0.2) is 45.5 Å². The van der Waals surface area contributed by atoms with Crippen LogP contribution in [0.3, 0.4) is 0 Å². The average molecular weight is 368 g/mol. The molecule has 25 heavy (non-hydrogen) atoms. The van der Waals surface area contributed by atoms with E-state index in [0.717, 1.165) is 25.7 Å². The number of amides is 1. The third-order valence-corrected chi connectivity index (χ3v) is 6.21. The molecule has 0 unspecified atom stereocenters. The molecule has 1 aromatic rings. The van der Waals surface area contributed by atoms with Gasteiger partial charge in [-0.1, -0.05) is 19.3 Å². The Balaban J connectivity index is 2.33. The van der Waals surface area contributed by atoms with E-state index in [4.69, 9.17) is 4.74 Å². The lowest BCUT2D eigenvalue weighted by Crippen LogP contribution is -2.38. The summed E-state index contributed by atoms with van der Waals surface area (Å²) in [7, 11) is -0.544. The van der Waals surface area contributed by atoms with E-state index in [-0.39, 0.29) is 28.6 Å². The lowest BCUT2D eigenvalue weighted by atomic mass is 9.94. The van der Waals surface area contributed by atoms with Crippen LogP contribution < -0.4 is 9.46 Å². The van der Waals surface area contributed by atoms with Gasteiger partial charge in [0.2, 0.25) is 10.0 Å². The summed E-state index contributed by atoms with van der Waals surface area (Å²) in [4.78, 5) is 14.6. The number of sulfonamides is 1. The van der Waals surface area contributed by atoms with Crippen molar-refractivity contribution in [3.8, 4) is 5.75 Å². The molecular formula is C18H28N2O4S. The number of hydrogen-bond acceptors (Lipinski definition) is 4. The van der Waals surface area contributed by atoms with Crippen molar-refractivity contribution in [2.24, 2.45) is 0 Å². The minimum Gasteiger partial charge on any atom is -0.495 e. The van der Waals surface area contributed by atoms with Gasteiger partial charge < -0.3 is 9.64 Å². The highest BCUT2D eigenvalue weighted by atomic mass is 32.2. The Morgan fingerprint density at radius 2 is 1.88 bits per heavy atom. The van der Waals surface area contributed by atoms with Crippen LogP contribution in [-0.2, 0) is 10.0 Å². The summed E-state index contributed by atoms with van der Waals surface area (Å²) in [5, 5.41) is 0. The molecule has 1 aliphatic rings. The zero-order chi connectivity index (χ0) is 18.6. The number of carbonyl (C=O) groups excluding carboxylic acids is 1. The molecule has 1 aliphatic carbocycles. The van der Waals surface area contributed by atoms with Crippen LogP contribution in [0, 0.1) is 0 Å². The van der Waals surface area contributed by atoms with Crippen molar-refractivity contribution in [1.82, 2.24) is 9.62 Å². The first-order valence-electron chi connectivity index (χ1n) is 8.74. The van der Waals surface area contributed by atoms with Crippen molar-refractivity contribution < 1.29 is 17.9 Å². The van der Waals surface area contributed by atoms with Crippen LogP contribution in [0.5, 0.6) is 5.75 Å². The summed E-state index contributed by atoms with van der Waals surface area (Å²) in [5.41, 5.74) is 0.359. The summed E-state index contributed by atoms with van der Waals surface area (Å²) in [6.07, 6.45) is 5.47. The fourth-order valence-corrected chi connectivity index (χ4v) is 4.68. The number of benzene rings is 1. The van der Waals surface area contributed by atoms with E-state index in [1.54, 1.807) is 31.9 Å². The molecule has 1 saturated carbocycles. The van der Waals surface area contributed by atoms with E-state index in [1.165, 1.54) is 25.7 Å². The number of nitrogens with one attached hydrogen (secondary N) is 1. The van der Waals surface area contributed by atoms with Gasteiger partial charge in [0.25, 0.3) is 5.91 Å². The predicted molar refractivity (Wildman–Crippen MR) is 97.4 cm³/mol. The summed E-state index contributed by atoms with van der Waals surface area (Å²) in [5.74, 6) is 0.0700. The van der Waals surface area contributed by atoms with Crippen molar-refractivity contribution in [2.45, 2.75) is 62.9 Å². The van der Waals surface area contributed by atoms with Crippen molar-refractivity contribution in [2.75, 3.05) is 14.2 Å². The summed E-state index contributed by atoms with van der Waals surface area (Å²) in [6.45, 7) is 3.49. The molecule has 1 fully saturated rings. The third-order valence-electron chi connectivity index (χ3n) is 4.53. The Labute approximate surface area is 150 Å². The highest BCUT2D eigenvalue weighted by Gasteiger charge is 2.26. The lowest BCUT2D eigenvalue weighted by molar-refractivity contribution is 0.0696. The topological polar surface area (TPSA) is 75.7 Å².